The molecule has 1 N–H and O–H groups in total. The SMILES string of the molecule is COc1ccc(S(=O)(=O)Nc2ccccn2)cc1C(C)C. The zero-order valence-corrected chi connectivity index (χ0v) is 13.0. The monoisotopic (exact) mass is 306 g/mol. The van der Waals surface area contributed by atoms with Crippen molar-refractivity contribution in [1.82, 2.24) is 4.98 Å². The Balaban J connectivity index is 2.39. The molecule has 0 saturated heterocycles. The Kier molecular flexibility index (Phi) is 4.47. The van der Waals surface area contributed by atoms with E-state index in [0.717, 1.165) is 5.56 Å². The summed E-state index contributed by atoms with van der Waals surface area (Å²) in [5.41, 5.74) is 0.849. The molecule has 0 amide bonds. The van der Waals surface area contributed by atoms with Crippen LogP contribution in [0.3, 0.4) is 0 Å². The molecule has 0 radical (unpaired) electrons. The standard InChI is InChI=1S/C15H18N2O3S/c1-11(2)13-10-12(7-8-14(13)20-3)21(18,19)17-15-6-4-5-9-16-15/h4-11H,1-3H3,(H,16,17). The molecule has 112 valence electrons. The maximum atomic E-state index is 12.4. The molecular weight excluding hydrogens is 288 g/mol. The van der Waals surface area contributed by atoms with Gasteiger partial charge in [-0.2, -0.15) is 0 Å². The molecule has 0 spiro atoms. The van der Waals surface area contributed by atoms with Crippen LogP contribution in [0.5, 0.6) is 5.75 Å². The van der Waals surface area contributed by atoms with Crippen molar-refractivity contribution < 1.29 is 13.2 Å². The lowest BCUT2D eigenvalue weighted by Crippen LogP contribution is -2.14. The van der Waals surface area contributed by atoms with Gasteiger partial charge in [-0.05, 0) is 41.8 Å². The second-order valence-corrected chi connectivity index (χ2v) is 6.56. The largest absolute Gasteiger partial charge is 0.496 e. The molecule has 6 heteroatoms. The number of pyridine rings is 1. The fourth-order valence-corrected chi connectivity index (χ4v) is 2.99. The highest BCUT2D eigenvalue weighted by Gasteiger charge is 2.18. The fraction of sp³-hybridized carbons (Fsp3) is 0.267. The highest BCUT2D eigenvalue weighted by Crippen LogP contribution is 2.29. The Hall–Kier alpha value is -2.08. The number of nitrogens with zero attached hydrogens (tertiary/aromatic N) is 1. The first kappa shape index (κ1) is 15.3. The van der Waals surface area contributed by atoms with Crippen molar-refractivity contribution in [1.29, 1.82) is 0 Å². The van der Waals surface area contributed by atoms with Gasteiger partial charge < -0.3 is 4.74 Å². The minimum absolute atomic E-state index is 0.157. The van der Waals surface area contributed by atoms with Gasteiger partial charge in [-0.3, -0.25) is 4.72 Å². The molecule has 0 atom stereocenters. The Morgan fingerprint density at radius 3 is 2.52 bits per heavy atom. The number of rotatable bonds is 5. The molecule has 0 unspecified atom stereocenters. The summed E-state index contributed by atoms with van der Waals surface area (Å²) in [6, 6.07) is 9.87. The molecule has 0 aliphatic heterocycles. The van der Waals surface area contributed by atoms with Gasteiger partial charge in [-0.15, -0.1) is 0 Å². The Morgan fingerprint density at radius 2 is 1.95 bits per heavy atom. The fourth-order valence-electron chi connectivity index (χ4n) is 1.95. The van der Waals surface area contributed by atoms with Gasteiger partial charge in [-0.25, -0.2) is 13.4 Å². The number of sulfonamides is 1. The predicted octanol–water partition coefficient (Wildman–Crippen LogP) is 3.01. The average molecular weight is 306 g/mol. The zero-order chi connectivity index (χ0) is 15.5. The third-order valence-corrected chi connectivity index (χ3v) is 4.39. The van der Waals surface area contributed by atoms with E-state index < -0.39 is 10.0 Å². The van der Waals surface area contributed by atoms with Crippen LogP contribution in [0.2, 0.25) is 0 Å². The quantitative estimate of drug-likeness (QED) is 0.922. The number of aromatic nitrogens is 1. The third kappa shape index (κ3) is 3.52. The van der Waals surface area contributed by atoms with E-state index in [4.69, 9.17) is 4.74 Å². The lowest BCUT2D eigenvalue weighted by atomic mass is 10.0. The second kappa shape index (κ2) is 6.13. The van der Waals surface area contributed by atoms with E-state index >= 15 is 0 Å². The van der Waals surface area contributed by atoms with Crippen LogP contribution in [0.25, 0.3) is 0 Å². The summed E-state index contributed by atoms with van der Waals surface area (Å²) in [6.07, 6.45) is 1.53. The van der Waals surface area contributed by atoms with Crippen LogP contribution in [-0.2, 0) is 10.0 Å². The van der Waals surface area contributed by atoms with Crippen LogP contribution in [0.4, 0.5) is 5.82 Å². The Morgan fingerprint density at radius 1 is 1.19 bits per heavy atom. The van der Waals surface area contributed by atoms with Gasteiger partial charge in [0.25, 0.3) is 10.0 Å². The lowest BCUT2D eigenvalue weighted by molar-refractivity contribution is 0.407. The molecular formula is C15H18N2O3S. The molecule has 21 heavy (non-hydrogen) atoms. The Bertz CT molecular complexity index is 713. The number of anilines is 1. The highest BCUT2D eigenvalue weighted by atomic mass is 32.2. The van der Waals surface area contributed by atoms with Gasteiger partial charge in [0.15, 0.2) is 0 Å². The van der Waals surface area contributed by atoms with E-state index in [-0.39, 0.29) is 10.8 Å². The van der Waals surface area contributed by atoms with E-state index in [0.29, 0.717) is 11.6 Å². The van der Waals surface area contributed by atoms with E-state index in [1.807, 2.05) is 13.8 Å². The molecule has 0 saturated carbocycles. The average Bonchev–Trinajstić information content (AvgIpc) is 2.47. The minimum atomic E-state index is -3.66. The van der Waals surface area contributed by atoms with Crippen molar-refractivity contribution in [3.8, 4) is 5.75 Å². The number of benzene rings is 1. The van der Waals surface area contributed by atoms with Gasteiger partial charge in [0.05, 0.1) is 12.0 Å². The number of nitrogens with one attached hydrogen (secondary N) is 1. The van der Waals surface area contributed by atoms with E-state index in [1.165, 1.54) is 12.3 Å². The normalized spacial score (nSPS) is 11.4. The summed E-state index contributed by atoms with van der Waals surface area (Å²) in [7, 11) is -2.09. The second-order valence-electron chi connectivity index (χ2n) is 4.88. The van der Waals surface area contributed by atoms with Crippen LogP contribution in [0, 0.1) is 0 Å². The van der Waals surface area contributed by atoms with Crippen LogP contribution >= 0.6 is 0 Å². The van der Waals surface area contributed by atoms with Crippen molar-refractivity contribution >= 4 is 15.8 Å². The van der Waals surface area contributed by atoms with E-state index in [2.05, 4.69) is 9.71 Å². The summed E-state index contributed by atoms with van der Waals surface area (Å²) in [5, 5.41) is 0. The van der Waals surface area contributed by atoms with Gasteiger partial charge in [0, 0.05) is 6.20 Å². The maximum absolute atomic E-state index is 12.4. The first-order chi connectivity index (χ1) is 9.94. The Labute approximate surface area is 125 Å². The first-order valence-corrected chi connectivity index (χ1v) is 8.04. The minimum Gasteiger partial charge on any atom is -0.496 e. The van der Waals surface area contributed by atoms with Crippen molar-refractivity contribution in [2.75, 3.05) is 11.8 Å². The number of hydrogen-bond donors (Lipinski definition) is 1. The molecule has 5 nitrogen and oxygen atoms in total. The van der Waals surface area contributed by atoms with Gasteiger partial charge >= 0.3 is 0 Å². The van der Waals surface area contributed by atoms with Crippen molar-refractivity contribution in [3.05, 3.63) is 48.2 Å². The highest BCUT2D eigenvalue weighted by molar-refractivity contribution is 7.92. The van der Waals surface area contributed by atoms with Crippen LogP contribution in [0.15, 0.2) is 47.5 Å². The smallest absolute Gasteiger partial charge is 0.263 e. The van der Waals surface area contributed by atoms with E-state index in [9.17, 15) is 8.42 Å². The summed E-state index contributed by atoms with van der Waals surface area (Å²) in [4.78, 5) is 4.16. The molecule has 2 rings (SSSR count). The molecule has 1 aromatic heterocycles. The summed E-state index contributed by atoms with van der Waals surface area (Å²) < 4.78 is 32.5. The first-order valence-electron chi connectivity index (χ1n) is 6.56. The molecule has 0 aliphatic rings. The van der Waals surface area contributed by atoms with Crippen molar-refractivity contribution in [2.24, 2.45) is 0 Å². The molecule has 0 bridgehead atoms. The number of hydrogen-bond acceptors (Lipinski definition) is 4. The summed E-state index contributed by atoms with van der Waals surface area (Å²) in [6.45, 7) is 3.97. The van der Waals surface area contributed by atoms with Crippen LogP contribution in [-0.4, -0.2) is 20.5 Å². The van der Waals surface area contributed by atoms with Crippen LogP contribution < -0.4 is 9.46 Å². The van der Waals surface area contributed by atoms with Gasteiger partial charge in [-0.1, -0.05) is 19.9 Å². The summed E-state index contributed by atoms with van der Waals surface area (Å²) >= 11 is 0. The maximum Gasteiger partial charge on any atom is 0.263 e. The molecule has 1 heterocycles. The van der Waals surface area contributed by atoms with Crippen molar-refractivity contribution in [3.63, 3.8) is 0 Å². The molecule has 0 aliphatic carbocycles. The number of ether oxygens (including phenoxy) is 1. The molecule has 1 aromatic carbocycles. The van der Waals surface area contributed by atoms with Gasteiger partial charge in [0.2, 0.25) is 0 Å². The predicted molar refractivity (Wildman–Crippen MR) is 82.1 cm³/mol. The van der Waals surface area contributed by atoms with Crippen LogP contribution in [0.1, 0.15) is 25.3 Å². The topological polar surface area (TPSA) is 68.3 Å². The number of methoxy groups -OCH3 is 1. The lowest BCUT2D eigenvalue weighted by Gasteiger charge is -2.14. The molecule has 0 fully saturated rings. The molecule has 2 aromatic rings. The zero-order valence-electron chi connectivity index (χ0n) is 12.2. The third-order valence-electron chi connectivity index (χ3n) is 3.04. The van der Waals surface area contributed by atoms with Crippen molar-refractivity contribution in [2.45, 2.75) is 24.7 Å². The van der Waals surface area contributed by atoms with E-state index in [1.54, 1.807) is 37.4 Å². The van der Waals surface area contributed by atoms with Gasteiger partial charge in [0.1, 0.15) is 11.6 Å². The summed E-state index contributed by atoms with van der Waals surface area (Å²) in [5.74, 6) is 1.13.